The molecular weight excluding hydrogens is 314 g/mol. The van der Waals surface area contributed by atoms with Gasteiger partial charge < -0.3 is 9.72 Å². The van der Waals surface area contributed by atoms with Gasteiger partial charge in [-0.2, -0.15) is 0 Å². The molecule has 0 amide bonds. The van der Waals surface area contributed by atoms with Crippen LogP contribution in [0.1, 0.15) is 17.0 Å². The fourth-order valence-corrected chi connectivity index (χ4v) is 3.28. The van der Waals surface area contributed by atoms with Crippen molar-refractivity contribution in [3.05, 3.63) is 70.0 Å². The monoisotopic (exact) mass is 335 g/mol. The number of aryl methyl sites for hydroxylation is 3. The van der Waals surface area contributed by atoms with Gasteiger partial charge in [0.15, 0.2) is 0 Å². The Labute approximate surface area is 145 Å². The summed E-state index contributed by atoms with van der Waals surface area (Å²) in [5.41, 5.74) is 6.21. The van der Waals surface area contributed by atoms with Crippen molar-refractivity contribution < 1.29 is 0 Å². The van der Waals surface area contributed by atoms with Crippen molar-refractivity contribution >= 4 is 16.7 Å². The van der Waals surface area contributed by atoms with Crippen molar-refractivity contribution in [2.75, 3.05) is 0 Å². The standard InChI is InChI=1S/C19H21N5O/c1-13-5-4-6-18-21-15(12-24(13)18)11-20-10-14-7-8-16-17(9-14)23(3)19(25)22(16)2/h4-9,12,20H,10-11H2,1-3H3. The highest BCUT2D eigenvalue weighted by molar-refractivity contribution is 5.76. The molecule has 3 heterocycles. The number of rotatable bonds is 4. The molecule has 3 aromatic heterocycles. The number of fused-ring (bicyclic) bond motifs is 2. The van der Waals surface area contributed by atoms with Gasteiger partial charge in [0.1, 0.15) is 5.65 Å². The predicted molar refractivity (Wildman–Crippen MR) is 98.6 cm³/mol. The maximum Gasteiger partial charge on any atom is 0.328 e. The molecule has 6 heteroatoms. The quantitative estimate of drug-likeness (QED) is 0.621. The average Bonchev–Trinajstić information content (AvgIpc) is 3.12. The first-order valence-electron chi connectivity index (χ1n) is 8.33. The number of hydrogen-bond acceptors (Lipinski definition) is 3. The van der Waals surface area contributed by atoms with E-state index in [1.807, 2.05) is 18.2 Å². The summed E-state index contributed by atoms with van der Waals surface area (Å²) in [6.45, 7) is 3.50. The fourth-order valence-electron chi connectivity index (χ4n) is 3.28. The summed E-state index contributed by atoms with van der Waals surface area (Å²) in [7, 11) is 3.61. The van der Waals surface area contributed by atoms with E-state index in [1.54, 1.807) is 23.2 Å². The number of aromatic nitrogens is 4. The van der Waals surface area contributed by atoms with Gasteiger partial charge in [0.25, 0.3) is 0 Å². The second-order valence-corrected chi connectivity index (χ2v) is 6.45. The highest BCUT2D eigenvalue weighted by Gasteiger charge is 2.08. The number of benzene rings is 1. The Hall–Kier alpha value is -2.86. The van der Waals surface area contributed by atoms with Crippen LogP contribution in [0, 0.1) is 6.92 Å². The van der Waals surface area contributed by atoms with Crippen LogP contribution >= 0.6 is 0 Å². The molecule has 4 rings (SSSR count). The Morgan fingerprint density at radius 3 is 2.64 bits per heavy atom. The third-order valence-corrected chi connectivity index (χ3v) is 4.72. The maximum absolute atomic E-state index is 12.0. The van der Waals surface area contributed by atoms with Crippen molar-refractivity contribution in [3.63, 3.8) is 0 Å². The normalized spacial score (nSPS) is 11.6. The third kappa shape index (κ3) is 2.64. The molecule has 0 aliphatic heterocycles. The number of imidazole rings is 2. The lowest BCUT2D eigenvalue weighted by Crippen LogP contribution is -2.19. The van der Waals surface area contributed by atoms with Crippen LogP contribution in [0.15, 0.2) is 47.4 Å². The van der Waals surface area contributed by atoms with Crippen LogP contribution < -0.4 is 11.0 Å². The maximum atomic E-state index is 12.0. The second-order valence-electron chi connectivity index (χ2n) is 6.45. The van der Waals surface area contributed by atoms with Gasteiger partial charge in [-0.1, -0.05) is 12.1 Å². The van der Waals surface area contributed by atoms with E-state index in [1.165, 1.54) is 5.69 Å². The summed E-state index contributed by atoms with van der Waals surface area (Å²) < 4.78 is 5.46. The Morgan fingerprint density at radius 2 is 1.84 bits per heavy atom. The molecule has 4 aromatic rings. The predicted octanol–water partition coefficient (Wildman–Crippen LogP) is 2.12. The van der Waals surface area contributed by atoms with Gasteiger partial charge in [0, 0.05) is 39.1 Å². The minimum atomic E-state index is 0.000166. The molecule has 0 spiro atoms. The van der Waals surface area contributed by atoms with Gasteiger partial charge in [-0.3, -0.25) is 9.13 Å². The van der Waals surface area contributed by atoms with Crippen LogP contribution in [0.5, 0.6) is 0 Å². The lowest BCUT2D eigenvalue weighted by Gasteiger charge is -2.04. The van der Waals surface area contributed by atoms with E-state index in [4.69, 9.17) is 0 Å². The minimum Gasteiger partial charge on any atom is -0.307 e. The highest BCUT2D eigenvalue weighted by Crippen LogP contribution is 2.14. The summed E-state index contributed by atoms with van der Waals surface area (Å²) in [6, 6.07) is 12.2. The van der Waals surface area contributed by atoms with Gasteiger partial charge in [-0.15, -0.1) is 0 Å². The lowest BCUT2D eigenvalue weighted by atomic mass is 10.2. The van der Waals surface area contributed by atoms with Gasteiger partial charge in [-0.05, 0) is 36.8 Å². The number of nitrogens with zero attached hydrogens (tertiary/aromatic N) is 4. The van der Waals surface area contributed by atoms with Crippen LogP contribution in [-0.4, -0.2) is 18.5 Å². The van der Waals surface area contributed by atoms with Gasteiger partial charge in [0.2, 0.25) is 0 Å². The molecule has 0 aliphatic carbocycles. The SMILES string of the molecule is Cc1cccc2nc(CNCc3ccc4c(c3)n(C)c(=O)n4C)cn12. The average molecular weight is 335 g/mol. The van der Waals surface area contributed by atoms with E-state index in [9.17, 15) is 4.79 Å². The zero-order chi connectivity index (χ0) is 17.6. The molecule has 1 N–H and O–H groups in total. The first-order chi connectivity index (χ1) is 12.0. The van der Waals surface area contributed by atoms with E-state index in [0.29, 0.717) is 6.54 Å². The van der Waals surface area contributed by atoms with Crippen LogP contribution in [0.3, 0.4) is 0 Å². The Bertz CT molecular complexity index is 1130. The summed E-state index contributed by atoms with van der Waals surface area (Å²) in [5, 5.41) is 3.43. The lowest BCUT2D eigenvalue weighted by molar-refractivity contribution is 0.683. The van der Waals surface area contributed by atoms with Gasteiger partial charge >= 0.3 is 5.69 Å². The minimum absolute atomic E-state index is 0.000166. The molecule has 0 saturated carbocycles. The number of pyridine rings is 1. The molecule has 6 nitrogen and oxygen atoms in total. The first kappa shape index (κ1) is 15.7. The zero-order valence-corrected chi connectivity index (χ0v) is 14.7. The van der Waals surface area contributed by atoms with E-state index in [2.05, 4.69) is 46.0 Å². The van der Waals surface area contributed by atoms with Crippen LogP contribution in [-0.2, 0) is 27.2 Å². The summed E-state index contributed by atoms with van der Waals surface area (Å²) in [5.74, 6) is 0. The Balaban J connectivity index is 1.51. The number of nitrogens with one attached hydrogen (secondary N) is 1. The molecular formula is C19H21N5O. The second kappa shape index (κ2) is 5.89. The van der Waals surface area contributed by atoms with Crippen LogP contribution in [0.25, 0.3) is 16.7 Å². The number of hydrogen-bond donors (Lipinski definition) is 1. The first-order valence-corrected chi connectivity index (χ1v) is 8.33. The van der Waals surface area contributed by atoms with Crippen LogP contribution in [0.2, 0.25) is 0 Å². The molecule has 0 radical (unpaired) electrons. The van der Waals surface area contributed by atoms with Crippen molar-refractivity contribution in [2.24, 2.45) is 14.1 Å². The molecule has 25 heavy (non-hydrogen) atoms. The summed E-state index contributed by atoms with van der Waals surface area (Å²) in [6.07, 6.45) is 2.07. The molecule has 0 saturated heterocycles. The van der Waals surface area contributed by atoms with Gasteiger partial charge in [-0.25, -0.2) is 9.78 Å². The van der Waals surface area contributed by atoms with Crippen molar-refractivity contribution in [1.82, 2.24) is 23.8 Å². The van der Waals surface area contributed by atoms with Crippen LogP contribution in [0.4, 0.5) is 0 Å². The summed E-state index contributed by atoms with van der Waals surface area (Å²) in [4.78, 5) is 16.6. The van der Waals surface area contributed by atoms with E-state index >= 15 is 0 Å². The summed E-state index contributed by atoms with van der Waals surface area (Å²) >= 11 is 0. The Morgan fingerprint density at radius 1 is 1.04 bits per heavy atom. The molecule has 1 aromatic carbocycles. The topological polar surface area (TPSA) is 56.3 Å². The van der Waals surface area contributed by atoms with Crippen molar-refractivity contribution in [3.8, 4) is 0 Å². The molecule has 0 atom stereocenters. The van der Waals surface area contributed by atoms with E-state index in [0.717, 1.165) is 34.5 Å². The molecule has 0 bridgehead atoms. The molecule has 0 aliphatic rings. The van der Waals surface area contributed by atoms with E-state index < -0.39 is 0 Å². The van der Waals surface area contributed by atoms with Crippen molar-refractivity contribution in [2.45, 2.75) is 20.0 Å². The van der Waals surface area contributed by atoms with Gasteiger partial charge in [0.05, 0.1) is 16.7 Å². The molecule has 0 fully saturated rings. The van der Waals surface area contributed by atoms with E-state index in [-0.39, 0.29) is 5.69 Å². The molecule has 128 valence electrons. The largest absolute Gasteiger partial charge is 0.328 e. The van der Waals surface area contributed by atoms with Crippen molar-refractivity contribution in [1.29, 1.82) is 0 Å². The Kier molecular flexibility index (Phi) is 3.69. The highest BCUT2D eigenvalue weighted by atomic mass is 16.1. The fraction of sp³-hybridized carbons (Fsp3) is 0.263. The third-order valence-electron chi connectivity index (χ3n) is 4.72. The smallest absolute Gasteiger partial charge is 0.307 e. The zero-order valence-electron chi connectivity index (χ0n) is 14.7. The molecule has 0 unspecified atom stereocenters.